The molecular weight excluding hydrogens is 309 g/mol. The minimum atomic E-state index is 0.302. The number of halogens is 1. The van der Waals surface area contributed by atoms with Crippen LogP contribution in [0.15, 0.2) is 60.8 Å². The van der Waals surface area contributed by atoms with E-state index in [1.54, 1.807) is 0 Å². The van der Waals surface area contributed by atoms with E-state index in [0.717, 1.165) is 10.5 Å². The third-order valence-electron chi connectivity index (χ3n) is 2.64. The van der Waals surface area contributed by atoms with Crippen LogP contribution in [-0.4, -0.2) is 19.9 Å². The zero-order valence-corrected chi connectivity index (χ0v) is 12.0. The van der Waals surface area contributed by atoms with Crippen molar-refractivity contribution in [2.24, 2.45) is 0 Å². The van der Waals surface area contributed by atoms with E-state index in [2.05, 4.69) is 41.4 Å². The molecule has 0 radical (unpaired) electrons. The summed E-state index contributed by atoms with van der Waals surface area (Å²) in [6, 6.07) is 18.6. The van der Waals surface area contributed by atoms with E-state index in [1.807, 2.05) is 24.4 Å². The van der Waals surface area contributed by atoms with Crippen LogP contribution in [0, 0.1) is 0 Å². The summed E-state index contributed by atoms with van der Waals surface area (Å²) in [4.78, 5) is 4.37. The summed E-state index contributed by atoms with van der Waals surface area (Å²) in [5.41, 5.74) is 0.970. The minimum absolute atomic E-state index is 0.302. The third-order valence-corrected chi connectivity index (χ3v) is 5.14. The van der Waals surface area contributed by atoms with Crippen LogP contribution in [0.1, 0.15) is 0 Å². The van der Waals surface area contributed by atoms with Crippen molar-refractivity contribution < 1.29 is 0 Å². The first kappa shape index (κ1) is 11.7. The molecule has 0 bridgehead atoms. The Bertz CT molecular complexity index is 682. The molecule has 0 saturated carbocycles. The average Bonchev–Trinajstić information content (AvgIpc) is 2.40. The SMILES string of the molecule is Clc1ccc2c([Se]c3ccccc3)ccnc2c1. The van der Waals surface area contributed by atoms with Crippen LogP contribution in [0.2, 0.25) is 5.02 Å². The number of nitrogens with zero attached hydrogens (tertiary/aromatic N) is 1. The molecule has 0 N–H and O–H groups in total. The van der Waals surface area contributed by atoms with Crippen molar-refractivity contribution in [1.29, 1.82) is 0 Å². The molecule has 3 aromatic rings. The molecule has 0 atom stereocenters. The topological polar surface area (TPSA) is 12.9 Å². The molecule has 0 fully saturated rings. The van der Waals surface area contributed by atoms with Crippen molar-refractivity contribution >= 4 is 46.4 Å². The van der Waals surface area contributed by atoms with Crippen LogP contribution < -0.4 is 8.92 Å². The predicted octanol–water partition coefficient (Wildman–Crippen LogP) is 2.54. The number of benzene rings is 2. The van der Waals surface area contributed by atoms with Crippen LogP contribution in [-0.2, 0) is 0 Å². The van der Waals surface area contributed by atoms with Gasteiger partial charge in [-0.2, -0.15) is 0 Å². The summed E-state index contributed by atoms with van der Waals surface area (Å²) in [5, 5.41) is 1.94. The van der Waals surface area contributed by atoms with Crippen LogP contribution in [0.4, 0.5) is 0 Å². The Labute approximate surface area is 117 Å². The van der Waals surface area contributed by atoms with E-state index in [4.69, 9.17) is 11.6 Å². The first-order chi connectivity index (χ1) is 8.83. The summed E-state index contributed by atoms with van der Waals surface area (Å²) < 4.78 is 2.71. The average molecular weight is 319 g/mol. The van der Waals surface area contributed by atoms with Gasteiger partial charge >= 0.3 is 117 Å². The molecule has 0 unspecified atom stereocenters. The Kier molecular flexibility index (Phi) is 3.33. The van der Waals surface area contributed by atoms with Crippen molar-refractivity contribution in [3.05, 3.63) is 65.8 Å². The zero-order valence-electron chi connectivity index (χ0n) is 9.51. The molecule has 88 valence electrons. The first-order valence-electron chi connectivity index (χ1n) is 5.60. The molecule has 2 aromatic carbocycles. The second kappa shape index (κ2) is 5.11. The van der Waals surface area contributed by atoms with Gasteiger partial charge in [0.05, 0.1) is 0 Å². The third kappa shape index (κ3) is 2.41. The van der Waals surface area contributed by atoms with Crippen LogP contribution in [0.3, 0.4) is 0 Å². The van der Waals surface area contributed by atoms with Crippen molar-refractivity contribution in [2.45, 2.75) is 0 Å². The molecule has 1 nitrogen and oxygen atoms in total. The van der Waals surface area contributed by atoms with Gasteiger partial charge in [0.2, 0.25) is 0 Å². The monoisotopic (exact) mass is 319 g/mol. The van der Waals surface area contributed by atoms with Crippen molar-refractivity contribution in [1.82, 2.24) is 4.98 Å². The van der Waals surface area contributed by atoms with E-state index in [1.165, 1.54) is 14.3 Å². The summed E-state index contributed by atoms with van der Waals surface area (Å²) in [7, 11) is 0. The normalized spacial score (nSPS) is 10.7. The molecule has 0 spiro atoms. The van der Waals surface area contributed by atoms with E-state index in [0.29, 0.717) is 15.0 Å². The molecule has 0 aliphatic heterocycles. The molecule has 3 rings (SSSR count). The van der Waals surface area contributed by atoms with E-state index in [9.17, 15) is 0 Å². The van der Waals surface area contributed by atoms with Crippen molar-refractivity contribution in [2.75, 3.05) is 0 Å². The molecule has 0 saturated heterocycles. The maximum absolute atomic E-state index is 6.00. The molecule has 18 heavy (non-hydrogen) atoms. The Hall–Kier alpha value is -1.34. The summed E-state index contributed by atoms with van der Waals surface area (Å²) >= 11 is 6.30. The van der Waals surface area contributed by atoms with Gasteiger partial charge in [0.25, 0.3) is 0 Å². The predicted molar refractivity (Wildman–Crippen MR) is 78.2 cm³/mol. The fourth-order valence-corrected chi connectivity index (χ4v) is 3.98. The van der Waals surface area contributed by atoms with E-state index >= 15 is 0 Å². The van der Waals surface area contributed by atoms with E-state index < -0.39 is 0 Å². The quantitative estimate of drug-likeness (QED) is 0.662. The Morgan fingerprint density at radius 1 is 0.944 bits per heavy atom. The number of pyridine rings is 1. The van der Waals surface area contributed by atoms with Gasteiger partial charge in [-0.1, -0.05) is 0 Å². The van der Waals surface area contributed by atoms with Gasteiger partial charge in [0.1, 0.15) is 0 Å². The fourth-order valence-electron chi connectivity index (χ4n) is 1.80. The van der Waals surface area contributed by atoms with E-state index in [-0.39, 0.29) is 0 Å². The molecular formula is C15H10ClNSe. The van der Waals surface area contributed by atoms with Gasteiger partial charge in [-0.25, -0.2) is 0 Å². The standard InChI is InChI=1S/C15H10ClNSe/c16-11-6-7-13-14(10-11)17-9-8-15(13)18-12-4-2-1-3-5-12/h1-10H. The summed E-state index contributed by atoms with van der Waals surface area (Å²) in [6.45, 7) is 0. The van der Waals surface area contributed by atoms with Crippen LogP contribution in [0.5, 0.6) is 0 Å². The second-order valence-electron chi connectivity index (χ2n) is 3.89. The molecule has 1 aromatic heterocycles. The number of rotatable bonds is 2. The Morgan fingerprint density at radius 2 is 1.78 bits per heavy atom. The molecule has 0 aliphatic carbocycles. The van der Waals surface area contributed by atoms with Gasteiger partial charge in [0, 0.05) is 0 Å². The summed E-state index contributed by atoms with van der Waals surface area (Å²) in [5.74, 6) is 0. The number of hydrogen-bond acceptors (Lipinski definition) is 1. The number of fused-ring (bicyclic) bond motifs is 1. The van der Waals surface area contributed by atoms with Crippen LogP contribution in [0.25, 0.3) is 10.9 Å². The second-order valence-corrected chi connectivity index (χ2v) is 6.66. The van der Waals surface area contributed by atoms with Gasteiger partial charge in [0.15, 0.2) is 0 Å². The molecule has 0 aliphatic rings. The first-order valence-corrected chi connectivity index (χ1v) is 7.69. The molecule has 1 heterocycles. The Morgan fingerprint density at radius 3 is 2.61 bits per heavy atom. The zero-order chi connectivity index (χ0) is 12.4. The van der Waals surface area contributed by atoms with Gasteiger partial charge < -0.3 is 0 Å². The maximum atomic E-state index is 6.00. The molecule has 0 amide bonds. The fraction of sp³-hybridized carbons (Fsp3) is 0. The van der Waals surface area contributed by atoms with Gasteiger partial charge in [-0.15, -0.1) is 0 Å². The van der Waals surface area contributed by atoms with Crippen molar-refractivity contribution in [3.63, 3.8) is 0 Å². The molecule has 3 heteroatoms. The Balaban J connectivity index is 2.07. The van der Waals surface area contributed by atoms with Crippen molar-refractivity contribution in [3.8, 4) is 0 Å². The van der Waals surface area contributed by atoms with Gasteiger partial charge in [-0.3, -0.25) is 0 Å². The summed E-state index contributed by atoms with van der Waals surface area (Å²) in [6.07, 6.45) is 1.86. The number of aromatic nitrogens is 1. The van der Waals surface area contributed by atoms with Crippen LogP contribution >= 0.6 is 11.6 Å². The van der Waals surface area contributed by atoms with Gasteiger partial charge in [-0.05, 0) is 0 Å². The number of hydrogen-bond donors (Lipinski definition) is 0.